The Kier molecular flexibility index (Phi) is 2.58. The van der Waals surface area contributed by atoms with E-state index in [1.807, 2.05) is 0 Å². The molecule has 0 heterocycles. The van der Waals surface area contributed by atoms with Crippen molar-refractivity contribution < 1.29 is 14.7 Å². The molecule has 0 amide bonds. The van der Waals surface area contributed by atoms with E-state index in [0.29, 0.717) is 5.56 Å². The molecule has 0 unspecified atom stereocenters. The summed E-state index contributed by atoms with van der Waals surface area (Å²) in [5, 5.41) is 8.31. The van der Waals surface area contributed by atoms with Crippen molar-refractivity contribution in [1.82, 2.24) is 0 Å². The third-order valence-electron chi connectivity index (χ3n) is 1.32. The van der Waals surface area contributed by atoms with Gasteiger partial charge in [0, 0.05) is 5.56 Å². The second-order valence-electron chi connectivity index (χ2n) is 2.27. The van der Waals surface area contributed by atoms with Gasteiger partial charge in [-0.15, -0.1) is 0 Å². The first-order valence-corrected chi connectivity index (χ1v) is 3.42. The normalized spacial score (nSPS) is 9.33. The summed E-state index contributed by atoms with van der Waals surface area (Å²) in [6.07, 6.45) is -0.472. The number of ketones is 1. The minimum Gasteiger partial charge on any atom is -0.481 e. The number of hydrogen-bond acceptors (Lipinski definition) is 2. The van der Waals surface area contributed by atoms with E-state index in [2.05, 4.69) is 6.07 Å². The van der Waals surface area contributed by atoms with Crippen LogP contribution in [0.4, 0.5) is 0 Å². The van der Waals surface area contributed by atoms with E-state index in [-0.39, 0.29) is 0 Å². The van der Waals surface area contributed by atoms with Gasteiger partial charge in [0.2, 0.25) is 0 Å². The molecule has 1 N–H and O–H groups in total. The Hall–Kier alpha value is -1.64. The van der Waals surface area contributed by atoms with Crippen LogP contribution in [0.3, 0.4) is 0 Å². The number of Topliss-reactive ketones (excluding diaryl/α,β-unsaturated/α-hetero) is 1. The summed E-state index contributed by atoms with van der Waals surface area (Å²) in [7, 11) is 0. The lowest BCUT2D eigenvalue weighted by atomic mass is 10.1. The van der Waals surface area contributed by atoms with Gasteiger partial charge < -0.3 is 5.11 Å². The third kappa shape index (κ3) is 2.20. The number of benzene rings is 1. The van der Waals surface area contributed by atoms with Crippen molar-refractivity contribution in [1.29, 1.82) is 0 Å². The maximum absolute atomic E-state index is 11.0. The van der Waals surface area contributed by atoms with Gasteiger partial charge in [0.15, 0.2) is 5.78 Å². The molecule has 0 aromatic heterocycles. The molecule has 12 heavy (non-hydrogen) atoms. The second-order valence-corrected chi connectivity index (χ2v) is 2.27. The zero-order valence-corrected chi connectivity index (χ0v) is 6.28. The maximum atomic E-state index is 11.0. The molecular weight excluding hydrogens is 156 g/mol. The first kappa shape index (κ1) is 8.46. The average molecular weight is 163 g/mol. The Labute approximate surface area is 69.6 Å². The van der Waals surface area contributed by atoms with Crippen LogP contribution in [0.25, 0.3) is 0 Å². The van der Waals surface area contributed by atoms with Crippen molar-refractivity contribution in [3.63, 3.8) is 0 Å². The summed E-state index contributed by atoms with van der Waals surface area (Å²) in [6.45, 7) is 0. The molecule has 0 fully saturated rings. The summed E-state index contributed by atoms with van der Waals surface area (Å²) >= 11 is 0. The van der Waals surface area contributed by atoms with Crippen molar-refractivity contribution in [2.24, 2.45) is 0 Å². The fraction of sp³-hybridized carbons (Fsp3) is 0.111. The number of carbonyl (C=O) groups is 2. The van der Waals surface area contributed by atoms with Crippen molar-refractivity contribution in [2.45, 2.75) is 6.42 Å². The zero-order chi connectivity index (χ0) is 8.97. The smallest absolute Gasteiger partial charge is 0.311 e. The van der Waals surface area contributed by atoms with Crippen LogP contribution >= 0.6 is 0 Å². The van der Waals surface area contributed by atoms with Crippen LogP contribution in [0.2, 0.25) is 0 Å². The van der Waals surface area contributed by atoms with Gasteiger partial charge in [-0.1, -0.05) is 24.3 Å². The molecule has 1 aromatic carbocycles. The number of carbonyl (C=O) groups excluding carboxylic acids is 1. The minimum absolute atomic E-state index is 0.319. The molecule has 0 aliphatic heterocycles. The third-order valence-corrected chi connectivity index (χ3v) is 1.32. The monoisotopic (exact) mass is 163 g/mol. The highest BCUT2D eigenvalue weighted by atomic mass is 16.4. The highest BCUT2D eigenvalue weighted by molar-refractivity contribution is 6.05. The van der Waals surface area contributed by atoms with Crippen LogP contribution < -0.4 is 0 Å². The fourth-order valence-corrected chi connectivity index (χ4v) is 0.799. The van der Waals surface area contributed by atoms with Gasteiger partial charge in [0.25, 0.3) is 0 Å². The van der Waals surface area contributed by atoms with E-state index in [0.717, 1.165) is 0 Å². The predicted octanol–water partition coefficient (Wildman–Crippen LogP) is 1.14. The SMILES string of the molecule is O=C(O)CC(=O)c1[c]cccc1. The van der Waals surface area contributed by atoms with Crippen LogP contribution in [-0.4, -0.2) is 16.9 Å². The predicted molar refractivity (Wildman–Crippen MR) is 41.9 cm³/mol. The second kappa shape index (κ2) is 3.67. The molecule has 0 atom stereocenters. The molecule has 3 nitrogen and oxygen atoms in total. The van der Waals surface area contributed by atoms with E-state index < -0.39 is 18.2 Å². The van der Waals surface area contributed by atoms with Gasteiger partial charge in [0.1, 0.15) is 6.42 Å². The Balaban J connectivity index is 2.73. The minimum atomic E-state index is -1.11. The highest BCUT2D eigenvalue weighted by Gasteiger charge is 2.09. The fourth-order valence-electron chi connectivity index (χ4n) is 0.799. The van der Waals surface area contributed by atoms with Gasteiger partial charge in [-0.05, 0) is 6.07 Å². The molecule has 0 saturated carbocycles. The Morgan fingerprint density at radius 1 is 1.42 bits per heavy atom. The summed E-state index contributed by atoms with van der Waals surface area (Å²) in [4.78, 5) is 21.2. The van der Waals surface area contributed by atoms with Gasteiger partial charge in [-0.2, -0.15) is 0 Å². The van der Waals surface area contributed by atoms with Gasteiger partial charge in [-0.25, -0.2) is 0 Å². The van der Waals surface area contributed by atoms with E-state index in [1.165, 1.54) is 0 Å². The molecule has 1 aromatic rings. The van der Waals surface area contributed by atoms with E-state index in [4.69, 9.17) is 5.11 Å². The molecule has 0 spiro atoms. The molecule has 0 aliphatic carbocycles. The standard InChI is InChI=1S/C9H7O3/c10-8(6-9(11)12)7-4-2-1-3-5-7/h1-4H,6H2,(H,11,12). The Morgan fingerprint density at radius 2 is 2.17 bits per heavy atom. The molecule has 1 rings (SSSR count). The lowest BCUT2D eigenvalue weighted by Gasteiger charge is -1.94. The van der Waals surface area contributed by atoms with Gasteiger partial charge >= 0.3 is 5.97 Å². The largest absolute Gasteiger partial charge is 0.481 e. The highest BCUT2D eigenvalue weighted by Crippen LogP contribution is 2.01. The molecule has 0 aliphatic rings. The van der Waals surface area contributed by atoms with Crippen molar-refractivity contribution in [3.05, 3.63) is 35.9 Å². The van der Waals surface area contributed by atoms with Crippen LogP contribution in [0.15, 0.2) is 24.3 Å². The summed E-state index contributed by atoms with van der Waals surface area (Å²) < 4.78 is 0. The van der Waals surface area contributed by atoms with Gasteiger partial charge in [-0.3, -0.25) is 9.59 Å². The Morgan fingerprint density at radius 3 is 2.67 bits per heavy atom. The van der Waals surface area contributed by atoms with E-state index in [9.17, 15) is 9.59 Å². The van der Waals surface area contributed by atoms with E-state index >= 15 is 0 Å². The van der Waals surface area contributed by atoms with Crippen LogP contribution in [0.5, 0.6) is 0 Å². The van der Waals surface area contributed by atoms with Crippen molar-refractivity contribution in [2.75, 3.05) is 0 Å². The number of hydrogen-bond donors (Lipinski definition) is 1. The molecule has 0 bridgehead atoms. The number of aliphatic carboxylic acids is 1. The summed E-state index contributed by atoms with van der Waals surface area (Å²) in [5.74, 6) is -1.53. The van der Waals surface area contributed by atoms with Crippen LogP contribution in [0, 0.1) is 6.07 Å². The number of rotatable bonds is 3. The molecular formula is C9H7O3. The molecule has 1 radical (unpaired) electrons. The average Bonchev–Trinajstić information content (AvgIpc) is 2.05. The topological polar surface area (TPSA) is 54.4 Å². The number of carboxylic acid groups (broad SMARTS) is 1. The van der Waals surface area contributed by atoms with Gasteiger partial charge in [0.05, 0.1) is 0 Å². The van der Waals surface area contributed by atoms with Crippen molar-refractivity contribution in [3.8, 4) is 0 Å². The number of carboxylic acids is 1. The molecule has 3 heteroatoms. The van der Waals surface area contributed by atoms with E-state index in [1.54, 1.807) is 24.3 Å². The first-order valence-electron chi connectivity index (χ1n) is 3.42. The molecule has 61 valence electrons. The lowest BCUT2D eigenvalue weighted by Crippen LogP contribution is -2.06. The van der Waals surface area contributed by atoms with Crippen LogP contribution in [-0.2, 0) is 4.79 Å². The molecule has 0 saturated heterocycles. The Bertz CT molecular complexity index is 290. The summed E-state index contributed by atoms with van der Waals surface area (Å²) in [5.41, 5.74) is 0.319. The summed E-state index contributed by atoms with van der Waals surface area (Å²) in [6, 6.07) is 9.18. The first-order chi connectivity index (χ1) is 5.70. The quantitative estimate of drug-likeness (QED) is 0.537. The van der Waals surface area contributed by atoms with Crippen molar-refractivity contribution >= 4 is 11.8 Å². The lowest BCUT2D eigenvalue weighted by molar-refractivity contribution is -0.135. The van der Waals surface area contributed by atoms with Crippen LogP contribution in [0.1, 0.15) is 16.8 Å². The maximum Gasteiger partial charge on any atom is 0.311 e. The zero-order valence-electron chi connectivity index (χ0n) is 6.28.